The highest BCUT2D eigenvalue weighted by Crippen LogP contribution is 2.23. The van der Waals surface area contributed by atoms with Crippen LogP contribution in [0, 0.1) is 17.1 Å². The number of piperazine rings is 1. The molecule has 0 saturated carbocycles. The maximum absolute atomic E-state index is 13.1. The lowest BCUT2D eigenvalue weighted by molar-refractivity contribution is 0.367. The standard InChI is InChI=1S/C19H18FN3/c20-17-8-6-16(7-9-17)19(10-11-21)23-14-12-22(13-15-23)18-4-2-1-3-5-18/h1-10H,12-15H2/b19-10-. The predicted octanol–water partition coefficient (Wildman–Crippen LogP) is 3.51. The molecule has 1 fully saturated rings. The Hall–Kier alpha value is -2.80. The first-order valence-electron chi connectivity index (χ1n) is 7.68. The van der Waals surface area contributed by atoms with E-state index < -0.39 is 0 Å². The number of allylic oxidation sites excluding steroid dienone is 1. The van der Waals surface area contributed by atoms with Crippen molar-refractivity contribution in [3.05, 3.63) is 72.1 Å². The van der Waals surface area contributed by atoms with Crippen molar-refractivity contribution in [3.8, 4) is 6.07 Å². The van der Waals surface area contributed by atoms with Crippen molar-refractivity contribution in [2.24, 2.45) is 0 Å². The fraction of sp³-hybridized carbons (Fsp3) is 0.211. The molecule has 2 aromatic rings. The van der Waals surface area contributed by atoms with E-state index in [4.69, 9.17) is 5.26 Å². The number of para-hydroxylation sites is 1. The zero-order chi connectivity index (χ0) is 16.1. The van der Waals surface area contributed by atoms with E-state index in [1.807, 2.05) is 18.2 Å². The molecule has 116 valence electrons. The van der Waals surface area contributed by atoms with Gasteiger partial charge in [-0.2, -0.15) is 5.26 Å². The van der Waals surface area contributed by atoms with Gasteiger partial charge in [-0.05, 0) is 42.0 Å². The van der Waals surface area contributed by atoms with Gasteiger partial charge in [0.1, 0.15) is 5.82 Å². The van der Waals surface area contributed by atoms with Crippen LogP contribution in [-0.2, 0) is 0 Å². The van der Waals surface area contributed by atoms with E-state index in [-0.39, 0.29) is 5.82 Å². The molecule has 1 saturated heterocycles. The Balaban J connectivity index is 1.73. The molecule has 0 unspecified atom stereocenters. The Morgan fingerprint density at radius 2 is 1.61 bits per heavy atom. The normalized spacial score (nSPS) is 15.4. The summed E-state index contributed by atoms with van der Waals surface area (Å²) in [6, 6.07) is 18.7. The van der Waals surface area contributed by atoms with Crippen LogP contribution in [0.5, 0.6) is 0 Å². The van der Waals surface area contributed by atoms with Gasteiger partial charge in [0.2, 0.25) is 0 Å². The molecule has 0 bridgehead atoms. The van der Waals surface area contributed by atoms with Crippen molar-refractivity contribution in [1.82, 2.24) is 4.90 Å². The second-order valence-corrected chi connectivity index (χ2v) is 5.48. The molecule has 4 heteroatoms. The van der Waals surface area contributed by atoms with E-state index in [1.54, 1.807) is 18.2 Å². The summed E-state index contributed by atoms with van der Waals surface area (Å²) in [4.78, 5) is 4.53. The Labute approximate surface area is 135 Å². The van der Waals surface area contributed by atoms with Crippen molar-refractivity contribution in [3.63, 3.8) is 0 Å². The van der Waals surface area contributed by atoms with Gasteiger partial charge in [-0.1, -0.05) is 18.2 Å². The van der Waals surface area contributed by atoms with Gasteiger partial charge in [-0.25, -0.2) is 4.39 Å². The van der Waals surface area contributed by atoms with E-state index in [2.05, 4.69) is 28.0 Å². The fourth-order valence-electron chi connectivity index (χ4n) is 2.88. The second kappa shape index (κ2) is 6.97. The Bertz CT molecular complexity index is 709. The summed E-state index contributed by atoms with van der Waals surface area (Å²) in [5.74, 6) is -0.265. The number of nitriles is 1. The lowest BCUT2D eigenvalue weighted by Crippen LogP contribution is -2.45. The first kappa shape index (κ1) is 15.1. The van der Waals surface area contributed by atoms with Crippen LogP contribution in [0.1, 0.15) is 5.56 Å². The Kier molecular flexibility index (Phi) is 4.58. The molecule has 23 heavy (non-hydrogen) atoms. The number of nitrogens with zero attached hydrogens (tertiary/aromatic N) is 3. The van der Waals surface area contributed by atoms with Crippen LogP contribution >= 0.6 is 0 Å². The summed E-state index contributed by atoms with van der Waals surface area (Å²) in [7, 11) is 0. The highest BCUT2D eigenvalue weighted by atomic mass is 19.1. The average molecular weight is 307 g/mol. The summed E-state index contributed by atoms with van der Waals surface area (Å²) < 4.78 is 13.1. The largest absolute Gasteiger partial charge is 0.368 e. The van der Waals surface area contributed by atoms with E-state index in [0.29, 0.717) is 0 Å². The monoisotopic (exact) mass is 307 g/mol. The van der Waals surface area contributed by atoms with E-state index in [9.17, 15) is 4.39 Å². The zero-order valence-electron chi connectivity index (χ0n) is 12.8. The third-order valence-electron chi connectivity index (χ3n) is 4.08. The first-order valence-corrected chi connectivity index (χ1v) is 7.68. The molecule has 0 aliphatic carbocycles. The second-order valence-electron chi connectivity index (χ2n) is 5.48. The third-order valence-corrected chi connectivity index (χ3v) is 4.08. The number of halogens is 1. The molecule has 0 atom stereocenters. The summed E-state index contributed by atoms with van der Waals surface area (Å²) in [5, 5.41) is 9.08. The molecule has 1 aliphatic heterocycles. The van der Waals surface area contributed by atoms with Crippen molar-refractivity contribution < 1.29 is 4.39 Å². The van der Waals surface area contributed by atoms with Crippen LogP contribution < -0.4 is 4.90 Å². The van der Waals surface area contributed by atoms with Gasteiger partial charge >= 0.3 is 0 Å². The molecule has 0 radical (unpaired) electrons. The maximum atomic E-state index is 13.1. The van der Waals surface area contributed by atoms with Crippen molar-refractivity contribution in [2.45, 2.75) is 0 Å². The van der Waals surface area contributed by atoms with E-state index in [0.717, 1.165) is 37.4 Å². The van der Waals surface area contributed by atoms with Gasteiger partial charge in [-0.3, -0.25) is 0 Å². The molecule has 0 aromatic heterocycles. The summed E-state index contributed by atoms with van der Waals surface area (Å²) in [5.41, 5.74) is 2.96. The molecule has 2 aromatic carbocycles. The highest BCUT2D eigenvalue weighted by Gasteiger charge is 2.20. The minimum Gasteiger partial charge on any atom is -0.368 e. The molecule has 0 amide bonds. The third kappa shape index (κ3) is 3.51. The lowest BCUT2D eigenvalue weighted by Gasteiger charge is -2.38. The minimum atomic E-state index is -0.265. The molecule has 1 aliphatic rings. The first-order chi connectivity index (χ1) is 11.3. The summed E-state index contributed by atoms with van der Waals surface area (Å²) >= 11 is 0. The molecule has 3 nitrogen and oxygen atoms in total. The SMILES string of the molecule is N#C/C=C(/c1ccc(F)cc1)N1CCN(c2ccccc2)CC1. The van der Waals surface area contributed by atoms with Gasteiger partial charge in [-0.15, -0.1) is 0 Å². The molecule has 0 N–H and O–H groups in total. The summed E-state index contributed by atoms with van der Waals surface area (Å²) in [6.07, 6.45) is 1.55. The number of rotatable bonds is 3. The van der Waals surface area contributed by atoms with Crippen LogP contribution in [0.2, 0.25) is 0 Å². The van der Waals surface area contributed by atoms with Gasteiger partial charge in [0.15, 0.2) is 0 Å². The van der Waals surface area contributed by atoms with Crippen LogP contribution in [0.4, 0.5) is 10.1 Å². The highest BCUT2D eigenvalue weighted by molar-refractivity contribution is 5.66. The zero-order valence-corrected chi connectivity index (χ0v) is 12.8. The van der Waals surface area contributed by atoms with Crippen LogP contribution in [0.3, 0.4) is 0 Å². The maximum Gasteiger partial charge on any atom is 0.123 e. The Morgan fingerprint density at radius 3 is 2.22 bits per heavy atom. The number of benzene rings is 2. The van der Waals surface area contributed by atoms with Crippen molar-refractivity contribution in [1.29, 1.82) is 5.26 Å². The molecule has 0 spiro atoms. The van der Waals surface area contributed by atoms with Crippen molar-refractivity contribution >= 4 is 11.4 Å². The lowest BCUT2D eigenvalue weighted by atomic mass is 10.1. The van der Waals surface area contributed by atoms with Gasteiger partial charge in [0.05, 0.1) is 11.8 Å². The van der Waals surface area contributed by atoms with E-state index >= 15 is 0 Å². The summed E-state index contributed by atoms with van der Waals surface area (Å²) in [6.45, 7) is 3.46. The van der Waals surface area contributed by atoms with Crippen LogP contribution in [-0.4, -0.2) is 31.1 Å². The predicted molar refractivity (Wildman–Crippen MR) is 90.2 cm³/mol. The molecular formula is C19H18FN3. The van der Waals surface area contributed by atoms with Crippen LogP contribution in [0.25, 0.3) is 5.70 Å². The van der Waals surface area contributed by atoms with Gasteiger partial charge in [0, 0.05) is 37.9 Å². The average Bonchev–Trinajstić information content (AvgIpc) is 2.62. The minimum absolute atomic E-state index is 0.265. The van der Waals surface area contributed by atoms with Crippen molar-refractivity contribution in [2.75, 3.05) is 31.1 Å². The Morgan fingerprint density at radius 1 is 0.957 bits per heavy atom. The molecule has 1 heterocycles. The van der Waals surface area contributed by atoms with Crippen LogP contribution in [0.15, 0.2) is 60.7 Å². The molecule has 3 rings (SSSR count). The fourth-order valence-corrected chi connectivity index (χ4v) is 2.88. The number of hydrogen-bond donors (Lipinski definition) is 0. The van der Waals surface area contributed by atoms with Gasteiger partial charge < -0.3 is 9.80 Å². The van der Waals surface area contributed by atoms with Gasteiger partial charge in [0.25, 0.3) is 0 Å². The smallest absolute Gasteiger partial charge is 0.123 e. The quantitative estimate of drug-likeness (QED) is 0.813. The molecular weight excluding hydrogens is 289 g/mol. The van der Waals surface area contributed by atoms with E-state index in [1.165, 1.54) is 17.8 Å². The number of anilines is 1. The number of hydrogen-bond acceptors (Lipinski definition) is 3. The topological polar surface area (TPSA) is 30.3 Å².